The van der Waals surface area contributed by atoms with Crippen molar-refractivity contribution >= 4 is 40.2 Å². The highest BCUT2D eigenvalue weighted by atomic mass is 127. The SMILES string of the molecule is COC(=O)Cc1c(C(F)F)cnc(Cl)c1I. The Morgan fingerprint density at radius 1 is 1.69 bits per heavy atom. The van der Waals surface area contributed by atoms with Crippen molar-refractivity contribution in [3.05, 3.63) is 26.0 Å². The zero-order valence-corrected chi connectivity index (χ0v) is 11.1. The molecule has 0 saturated carbocycles. The first-order chi connectivity index (χ1) is 7.47. The molecule has 0 radical (unpaired) electrons. The van der Waals surface area contributed by atoms with Crippen molar-refractivity contribution in [1.29, 1.82) is 0 Å². The van der Waals surface area contributed by atoms with E-state index in [2.05, 4.69) is 9.72 Å². The lowest BCUT2D eigenvalue weighted by atomic mass is 10.1. The van der Waals surface area contributed by atoms with E-state index in [9.17, 15) is 13.6 Å². The Morgan fingerprint density at radius 2 is 2.31 bits per heavy atom. The maximum atomic E-state index is 12.7. The van der Waals surface area contributed by atoms with Gasteiger partial charge < -0.3 is 4.74 Å². The number of carbonyl (C=O) groups is 1. The van der Waals surface area contributed by atoms with E-state index in [4.69, 9.17) is 11.6 Å². The van der Waals surface area contributed by atoms with E-state index in [-0.39, 0.29) is 22.7 Å². The first-order valence-electron chi connectivity index (χ1n) is 4.15. The summed E-state index contributed by atoms with van der Waals surface area (Å²) < 4.78 is 30.1. The summed E-state index contributed by atoms with van der Waals surface area (Å²) in [5, 5.41) is 0.101. The molecule has 0 aromatic carbocycles. The Hall–Kier alpha value is -0.500. The molecule has 1 aromatic heterocycles. The van der Waals surface area contributed by atoms with E-state index in [0.717, 1.165) is 6.20 Å². The maximum Gasteiger partial charge on any atom is 0.310 e. The Bertz CT molecular complexity index is 415. The van der Waals surface area contributed by atoms with Gasteiger partial charge in [0.15, 0.2) is 0 Å². The minimum Gasteiger partial charge on any atom is -0.469 e. The molecule has 0 N–H and O–H groups in total. The van der Waals surface area contributed by atoms with Gasteiger partial charge in [0.1, 0.15) is 5.15 Å². The first kappa shape index (κ1) is 13.6. The van der Waals surface area contributed by atoms with Crippen molar-refractivity contribution in [2.45, 2.75) is 12.8 Å². The molecule has 0 fully saturated rings. The zero-order chi connectivity index (χ0) is 12.3. The molecule has 1 heterocycles. The third kappa shape index (κ3) is 3.00. The summed E-state index contributed by atoms with van der Waals surface area (Å²) >= 11 is 7.48. The highest BCUT2D eigenvalue weighted by molar-refractivity contribution is 14.1. The monoisotopic (exact) mass is 361 g/mol. The van der Waals surface area contributed by atoms with E-state index in [1.165, 1.54) is 7.11 Å². The molecule has 0 aliphatic rings. The summed E-state index contributed by atoms with van der Waals surface area (Å²) in [5.74, 6) is -0.595. The molecule has 0 atom stereocenters. The molecule has 0 aliphatic heterocycles. The minimum absolute atomic E-state index is 0.101. The summed E-state index contributed by atoms with van der Waals surface area (Å²) in [4.78, 5) is 14.7. The van der Waals surface area contributed by atoms with Crippen molar-refractivity contribution in [3.63, 3.8) is 0 Å². The van der Waals surface area contributed by atoms with Gasteiger partial charge >= 0.3 is 5.97 Å². The molecule has 0 amide bonds. The molecule has 0 spiro atoms. The van der Waals surface area contributed by atoms with Gasteiger partial charge in [0.2, 0.25) is 0 Å². The molecule has 3 nitrogen and oxygen atoms in total. The van der Waals surface area contributed by atoms with Gasteiger partial charge in [0.25, 0.3) is 6.43 Å². The van der Waals surface area contributed by atoms with Crippen LogP contribution in [0.4, 0.5) is 8.78 Å². The Labute approximate surface area is 109 Å². The Balaban J connectivity index is 3.20. The largest absolute Gasteiger partial charge is 0.469 e. The maximum absolute atomic E-state index is 12.7. The fourth-order valence-electron chi connectivity index (χ4n) is 1.10. The molecule has 88 valence electrons. The fourth-order valence-corrected chi connectivity index (χ4v) is 1.90. The zero-order valence-electron chi connectivity index (χ0n) is 8.14. The van der Waals surface area contributed by atoms with Gasteiger partial charge in [0.05, 0.1) is 17.1 Å². The van der Waals surface area contributed by atoms with Crippen LogP contribution >= 0.6 is 34.2 Å². The molecule has 1 rings (SSSR count). The molecule has 0 aliphatic carbocycles. The van der Waals surface area contributed by atoms with Gasteiger partial charge in [0, 0.05) is 11.8 Å². The topological polar surface area (TPSA) is 39.2 Å². The summed E-state index contributed by atoms with van der Waals surface area (Å²) in [6, 6.07) is 0. The number of pyridine rings is 1. The number of ether oxygens (including phenoxy) is 1. The van der Waals surface area contributed by atoms with Crippen LogP contribution in [0, 0.1) is 3.57 Å². The lowest BCUT2D eigenvalue weighted by Gasteiger charge is -2.10. The van der Waals surface area contributed by atoms with Gasteiger partial charge in [-0.15, -0.1) is 0 Å². The summed E-state index contributed by atoms with van der Waals surface area (Å²) in [6.07, 6.45) is -1.96. The second kappa shape index (κ2) is 5.72. The summed E-state index contributed by atoms with van der Waals surface area (Å²) in [7, 11) is 1.19. The molecule has 1 aromatic rings. The lowest BCUT2D eigenvalue weighted by molar-refractivity contribution is -0.139. The van der Waals surface area contributed by atoms with Gasteiger partial charge in [-0.1, -0.05) is 11.6 Å². The van der Waals surface area contributed by atoms with Crippen LogP contribution < -0.4 is 0 Å². The Morgan fingerprint density at radius 3 is 2.81 bits per heavy atom. The number of halogens is 4. The number of aromatic nitrogens is 1. The summed E-state index contributed by atoms with van der Waals surface area (Å²) in [6.45, 7) is 0. The molecule has 0 saturated heterocycles. The molecule has 0 bridgehead atoms. The number of nitrogens with zero attached hydrogens (tertiary/aromatic N) is 1. The van der Waals surface area contributed by atoms with Gasteiger partial charge in [-0.25, -0.2) is 13.8 Å². The van der Waals surface area contributed by atoms with Crippen LogP contribution in [-0.2, 0) is 16.0 Å². The number of esters is 1. The van der Waals surface area contributed by atoms with Crippen molar-refractivity contribution in [2.24, 2.45) is 0 Å². The lowest BCUT2D eigenvalue weighted by Crippen LogP contribution is -2.10. The first-order valence-corrected chi connectivity index (χ1v) is 5.60. The van der Waals surface area contributed by atoms with Crippen molar-refractivity contribution in [2.75, 3.05) is 7.11 Å². The highest BCUT2D eigenvalue weighted by Crippen LogP contribution is 2.29. The number of methoxy groups -OCH3 is 1. The van der Waals surface area contributed by atoms with Crippen molar-refractivity contribution < 1.29 is 18.3 Å². The van der Waals surface area contributed by atoms with Crippen LogP contribution in [0.25, 0.3) is 0 Å². The van der Waals surface area contributed by atoms with Crippen LogP contribution in [0.15, 0.2) is 6.20 Å². The van der Waals surface area contributed by atoms with Gasteiger partial charge in [-0.2, -0.15) is 0 Å². The standard InChI is InChI=1S/C9H7ClF2INO2/c1-16-6(15)2-4-5(9(11)12)3-14-8(10)7(4)13/h3,9H,2H2,1H3. The van der Waals surface area contributed by atoms with Gasteiger partial charge in [-0.3, -0.25) is 4.79 Å². The van der Waals surface area contributed by atoms with E-state index < -0.39 is 12.4 Å². The average Bonchev–Trinajstić information content (AvgIpc) is 2.24. The van der Waals surface area contributed by atoms with Crippen molar-refractivity contribution in [3.8, 4) is 0 Å². The van der Waals surface area contributed by atoms with Crippen LogP contribution in [0.3, 0.4) is 0 Å². The number of rotatable bonds is 3. The molecule has 0 unspecified atom stereocenters. The normalized spacial score (nSPS) is 10.6. The van der Waals surface area contributed by atoms with E-state index in [0.29, 0.717) is 3.57 Å². The fraction of sp³-hybridized carbons (Fsp3) is 0.333. The van der Waals surface area contributed by atoms with Crippen molar-refractivity contribution in [1.82, 2.24) is 4.98 Å². The number of hydrogen-bond donors (Lipinski definition) is 0. The smallest absolute Gasteiger partial charge is 0.310 e. The number of hydrogen-bond acceptors (Lipinski definition) is 3. The second-order valence-corrected chi connectivity index (χ2v) is 4.29. The molecular weight excluding hydrogens is 354 g/mol. The molecular formula is C9H7ClF2INO2. The van der Waals surface area contributed by atoms with E-state index in [1.54, 1.807) is 22.6 Å². The van der Waals surface area contributed by atoms with Crippen LogP contribution in [0.5, 0.6) is 0 Å². The third-order valence-electron chi connectivity index (χ3n) is 1.90. The van der Waals surface area contributed by atoms with Gasteiger partial charge in [-0.05, 0) is 28.2 Å². The minimum atomic E-state index is -2.70. The predicted octanol–water partition coefficient (Wildman–Crippen LogP) is 2.99. The van der Waals surface area contributed by atoms with E-state index >= 15 is 0 Å². The quantitative estimate of drug-likeness (QED) is 0.472. The van der Waals surface area contributed by atoms with Crippen LogP contribution in [-0.4, -0.2) is 18.1 Å². The second-order valence-electron chi connectivity index (χ2n) is 2.85. The van der Waals surface area contributed by atoms with E-state index in [1.807, 2.05) is 0 Å². The van der Waals surface area contributed by atoms with Crippen LogP contribution in [0.1, 0.15) is 17.6 Å². The third-order valence-corrected chi connectivity index (χ3v) is 3.66. The Kier molecular flexibility index (Phi) is 4.85. The summed E-state index contributed by atoms with van der Waals surface area (Å²) in [5.41, 5.74) is -0.123. The molecule has 7 heteroatoms. The predicted molar refractivity (Wildman–Crippen MR) is 62.6 cm³/mol. The average molecular weight is 362 g/mol. The van der Waals surface area contributed by atoms with Crippen LogP contribution in [0.2, 0.25) is 5.15 Å². The number of alkyl halides is 2. The molecule has 16 heavy (non-hydrogen) atoms. The highest BCUT2D eigenvalue weighted by Gasteiger charge is 2.20. The number of carbonyl (C=O) groups excluding carboxylic acids is 1.